The van der Waals surface area contributed by atoms with E-state index in [-0.39, 0.29) is 5.43 Å². The number of nitrogens with two attached hydrogens (primary N) is 1. The smallest absolute Gasteiger partial charge is 0.338 e. The van der Waals surface area contributed by atoms with Crippen molar-refractivity contribution >= 4 is 22.4 Å². The molecule has 0 fully saturated rings. The van der Waals surface area contributed by atoms with E-state index < -0.39 is 5.97 Å². The number of hydrogen-bond acceptors (Lipinski definition) is 5. The fraction of sp³-hybridized carbons (Fsp3) is 0.429. The Kier molecular flexibility index (Phi) is 3.85. The van der Waals surface area contributed by atoms with Crippen LogP contribution in [0.2, 0.25) is 0 Å². The van der Waals surface area contributed by atoms with Gasteiger partial charge in [-0.2, -0.15) is 0 Å². The third kappa shape index (κ3) is 2.61. The number of nitrogen functional groups attached to an aromatic ring is 1. The number of anilines is 1. The summed E-state index contributed by atoms with van der Waals surface area (Å²) in [6.07, 6.45) is 0. The molecule has 0 unspecified atom stereocenters. The number of rotatable bonds is 6. The number of esters is 1. The fourth-order valence-corrected chi connectivity index (χ4v) is 2.10. The van der Waals surface area contributed by atoms with Crippen molar-refractivity contribution < 1.29 is 9.53 Å². The maximum Gasteiger partial charge on any atom is 0.338 e. The number of carbonyl (C=O) groups excluding carboxylic acids is 1. The summed E-state index contributed by atoms with van der Waals surface area (Å²) in [6, 6.07) is 3.13. The van der Waals surface area contributed by atoms with Crippen LogP contribution in [0, 0.1) is 0 Å². The van der Waals surface area contributed by atoms with E-state index in [4.69, 9.17) is 10.5 Å². The zero-order valence-corrected chi connectivity index (χ0v) is 11.2. The largest absolute Gasteiger partial charge is 0.461 e. The summed E-state index contributed by atoms with van der Waals surface area (Å²) >= 11 is 0. The third-order valence-corrected chi connectivity index (χ3v) is 3.38. The van der Waals surface area contributed by atoms with Gasteiger partial charge < -0.3 is 15.4 Å². The van der Waals surface area contributed by atoms with E-state index in [1.807, 2.05) is 0 Å². The van der Waals surface area contributed by atoms with Gasteiger partial charge in [0.1, 0.15) is 6.61 Å². The van der Waals surface area contributed by atoms with Crippen molar-refractivity contribution in [1.82, 2.24) is 4.90 Å². The van der Waals surface area contributed by atoms with Gasteiger partial charge in [0.15, 0.2) is 5.43 Å². The standard InChI is InChI=1S/C14H18N2O3/c1-3-16(4-2)7-8-19-14(18)9-5-6-10(15)12-11(9)13(12)17/h5-6H,3-4,7-8,15H2,1-2H3. The van der Waals surface area contributed by atoms with E-state index in [1.165, 1.54) is 0 Å². The Morgan fingerprint density at radius 2 is 1.95 bits per heavy atom. The number of likely N-dealkylation sites (N-methyl/N-ethyl adjacent to an activating group) is 1. The molecule has 0 bridgehead atoms. The van der Waals surface area contributed by atoms with E-state index >= 15 is 0 Å². The van der Waals surface area contributed by atoms with Crippen LogP contribution in [0.5, 0.6) is 0 Å². The van der Waals surface area contributed by atoms with Crippen LogP contribution in [-0.4, -0.2) is 37.1 Å². The van der Waals surface area contributed by atoms with Crippen molar-refractivity contribution in [3.63, 3.8) is 0 Å². The molecule has 0 aliphatic heterocycles. The SMILES string of the molecule is CCN(CC)CCOC(=O)c1ccc(N)c2c(=O)c12. The molecule has 0 aromatic heterocycles. The predicted molar refractivity (Wildman–Crippen MR) is 75.1 cm³/mol. The zero-order chi connectivity index (χ0) is 14.0. The van der Waals surface area contributed by atoms with Crippen molar-refractivity contribution in [2.75, 3.05) is 32.0 Å². The summed E-state index contributed by atoms with van der Waals surface area (Å²) in [6.45, 7) is 6.98. The molecule has 0 saturated heterocycles. The molecule has 5 heteroatoms. The molecule has 0 atom stereocenters. The maximum atomic E-state index is 11.9. The summed E-state index contributed by atoms with van der Waals surface area (Å²) < 4.78 is 5.19. The van der Waals surface area contributed by atoms with Crippen LogP contribution in [0.4, 0.5) is 5.69 Å². The lowest BCUT2D eigenvalue weighted by molar-refractivity contribution is 0.0469. The molecule has 5 nitrogen and oxygen atoms in total. The van der Waals surface area contributed by atoms with Gasteiger partial charge in [0.05, 0.1) is 16.3 Å². The van der Waals surface area contributed by atoms with Gasteiger partial charge >= 0.3 is 5.97 Å². The van der Waals surface area contributed by atoms with Crippen LogP contribution in [0.25, 0.3) is 10.8 Å². The van der Waals surface area contributed by atoms with Gasteiger partial charge in [0, 0.05) is 12.2 Å². The summed E-state index contributed by atoms with van der Waals surface area (Å²) in [5, 5.41) is 0.894. The van der Waals surface area contributed by atoms with Crippen LogP contribution in [0.15, 0.2) is 16.9 Å². The first-order valence-corrected chi connectivity index (χ1v) is 6.46. The lowest BCUT2D eigenvalue weighted by Gasteiger charge is -2.17. The molecule has 102 valence electrons. The van der Waals surface area contributed by atoms with Gasteiger partial charge in [-0.3, -0.25) is 4.79 Å². The highest BCUT2D eigenvalue weighted by atomic mass is 16.5. The zero-order valence-electron chi connectivity index (χ0n) is 11.2. The Morgan fingerprint density at radius 1 is 1.26 bits per heavy atom. The lowest BCUT2D eigenvalue weighted by atomic mass is 10.2. The van der Waals surface area contributed by atoms with E-state index in [9.17, 15) is 9.59 Å². The molecule has 2 aromatic carbocycles. The highest BCUT2D eigenvalue weighted by molar-refractivity contribution is 6.16. The van der Waals surface area contributed by atoms with Crippen LogP contribution in [0.3, 0.4) is 0 Å². The molecule has 0 aliphatic carbocycles. The normalized spacial score (nSPS) is 11.5. The minimum absolute atomic E-state index is 0.141. The number of fused-ring (bicyclic) bond motifs is 1. The van der Waals surface area contributed by atoms with Gasteiger partial charge in [0.2, 0.25) is 0 Å². The first-order chi connectivity index (χ1) is 9.10. The van der Waals surface area contributed by atoms with Crippen LogP contribution in [-0.2, 0) is 4.74 Å². The second kappa shape index (κ2) is 5.40. The average Bonchev–Trinajstić information content (AvgIpc) is 3.08. The summed E-state index contributed by atoms with van der Waals surface area (Å²) in [5.74, 6) is -0.450. The molecule has 2 aromatic rings. The average molecular weight is 262 g/mol. The van der Waals surface area contributed by atoms with Gasteiger partial charge in [-0.25, -0.2) is 4.79 Å². The topological polar surface area (TPSA) is 72.6 Å². The van der Waals surface area contributed by atoms with Crippen molar-refractivity contribution in [2.45, 2.75) is 13.8 Å². The fourth-order valence-electron chi connectivity index (χ4n) is 2.10. The van der Waals surface area contributed by atoms with Crippen molar-refractivity contribution in [1.29, 1.82) is 0 Å². The molecule has 0 aliphatic rings. The Bertz CT molecular complexity index is 607. The summed E-state index contributed by atoms with van der Waals surface area (Å²) in [7, 11) is 0. The quantitative estimate of drug-likeness (QED) is 0.624. The molecule has 0 saturated carbocycles. The Hall–Kier alpha value is -1.88. The highest BCUT2D eigenvalue weighted by Crippen LogP contribution is 2.26. The number of nitrogens with zero attached hydrogens (tertiary/aromatic N) is 1. The molecule has 19 heavy (non-hydrogen) atoms. The minimum Gasteiger partial charge on any atom is -0.461 e. The van der Waals surface area contributed by atoms with E-state index in [0.29, 0.717) is 35.2 Å². The van der Waals surface area contributed by atoms with Gasteiger partial charge in [-0.1, -0.05) is 13.8 Å². The van der Waals surface area contributed by atoms with Crippen molar-refractivity contribution in [2.24, 2.45) is 0 Å². The monoisotopic (exact) mass is 262 g/mol. The first-order valence-electron chi connectivity index (χ1n) is 6.46. The molecule has 0 heterocycles. The van der Waals surface area contributed by atoms with Gasteiger partial charge in [-0.05, 0) is 25.2 Å². The Balaban J connectivity index is 1.97. The Labute approximate surface area is 111 Å². The van der Waals surface area contributed by atoms with Crippen molar-refractivity contribution in [3.05, 3.63) is 27.9 Å². The van der Waals surface area contributed by atoms with E-state index in [2.05, 4.69) is 18.7 Å². The number of carbonyl (C=O) groups is 1. The molecular weight excluding hydrogens is 244 g/mol. The lowest BCUT2D eigenvalue weighted by Crippen LogP contribution is -2.27. The number of benzene rings is 1. The van der Waals surface area contributed by atoms with E-state index in [1.54, 1.807) is 12.1 Å². The minimum atomic E-state index is -0.450. The van der Waals surface area contributed by atoms with Gasteiger partial charge in [-0.15, -0.1) is 0 Å². The van der Waals surface area contributed by atoms with Crippen LogP contribution >= 0.6 is 0 Å². The second-order valence-corrected chi connectivity index (χ2v) is 4.44. The summed E-state index contributed by atoms with van der Waals surface area (Å²) in [5.41, 5.74) is 6.24. The molecule has 2 N–H and O–H groups in total. The number of hydrogen-bond donors (Lipinski definition) is 1. The molecule has 0 amide bonds. The van der Waals surface area contributed by atoms with Crippen LogP contribution < -0.4 is 11.2 Å². The second-order valence-electron chi connectivity index (χ2n) is 4.44. The molecular formula is C14H18N2O3. The first kappa shape index (κ1) is 13.5. The third-order valence-electron chi connectivity index (χ3n) is 3.38. The number of ether oxygens (including phenoxy) is 1. The molecule has 2 rings (SSSR count). The molecule has 0 radical (unpaired) electrons. The van der Waals surface area contributed by atoms with Crippen LogP contribution in [0.1, 0.15) is 24.2 Å². The molecule has 0 spiro atoms. The van der Waals surface area contributed by atoms with Crippen molar-refractivity contribution in [3.8, 4) is 0 Å². The maximum absolute atomic E-state index is 11.9. The summed E-state index contributed by atoms with van der Waals surface area (Å²) in [4.78, 5) is 25.5. The Morgan fingerprint density at radius 3 is 2.58 bits per heavy atom. The van der Waals surface area contributed by atoms with E-state index in [0.717, 1.165) is 13.1 Å². The highest BCUT2D eigenvalue weighted by Gasteiger charge is 2.24. The predicted octanol–water partition coefficient (Wildman–Crippen LogP) is 1.16. The van der Waals surface area contributed by atoms with Gasteiger partial charge in [0.25, 0.3) is 0 Å².